The Morgan fingerprint density at radius 3 is 2.07 bits per heavy atom. The van der Waals surface area contributed by atoms with Crippen molar-refractivity contribution in [2.24, 2.45) is 11.3 Å². The molecule has 0 aromatic rings. The maximum absolute atomic E-state index is 4.59. The van der Waals surface area contributed by atoms with Crippen molar-refractivity contribution in [2.45, 2.75) is 57.7 Å². The van der Waals surface area contributed by atoms with E-state index in [2.05, 4.69) is 38.3 Å². The molecule has 1 unspecified atom stereocenters. The van der Waals surface area contributed by atoms with Crippen LogP contribution in [0.3, 0.4) is 0 Å². The number of likely N-dealkylation sites (tertiary alicyclic amines) is 1. The second kappa shape index (κ2) is 4.29. The van der Waals surface area contributed by atoms with Crippen molar-refractivity contribution in [1.82, 2.24) is 4.90 Å². The number of rotatable bonds is 2. The van der Waals surface area contributed by atoms with Crippen molar-refractivity contribution >= 4 is 12.6 Å². The van der Waals surface area contributed by atoms with Crippen molar-refractivity contribution in [3.63, 3.8) is 0 Å². The van der Waals surface area contributed by atoms with E-state index >= 15 is 0 Å². The SMILES string of the molecule is CC(S)C1CCC2(CC1)CN(C(C)C)C2. The molecule has 2 rings (SSSR count). The maximum Gasteiger partial charge on any atom is 0.00532 e. The molecule has 0 aromatic heterocycles. The van der Waals surface area contributed by atoms with Crippen LogP contribution < -0.4 is 0 Å². The summed E-state index contributed by atoms with van der Waals surface area (Å²) < 4.78 is 0. The van der Waals surface area contributed by atoms with Gasteiger partial charge in [-0.3, -0.25) is 4.90 Å². The predicted molar refractivity (Wildman–Crippen MR) is 69.5 cm³/mol. The van der Waals surface area contributed by atoms with Crippen LogP contribution in [0.5, 0.6) is 0 Å². The molecule has 1 spiro atoms. The van der Waals surface area contributed by atoms with Crippen LogP contribution in [0.4, 0.5) is 0 Å². The molecule has 1 atom stereocenters. The van der Waals surface area contributed by atoms with Crippen LogP contribution >= 0.6 is 12.6 Å². The maximum atomic E-state index is 4.59. The molecule has 0 aromatic carbocycles. The molecule has 2 heteroatoms. The molecule has 2 aliphatic rings. The van der Waals surface area contributed by atoms with Crippen LogP contribution in [0, 0.1) is 11.3 Å². The summed E-state index contributed by atoms with van der Waals surface area (Å²) in [5.41, 5.74) is 0.712. The number of nitrogens with zero attached hydrogens (tertiary/aromatic N) is 1. The molecular weight excluding hydrogens is 202 g/mol. The minimum absolute atomic E-state index is 0.601. The molecule has 1 saturated heterocycles. The Bertz CT molecular complexity index is 209. The predicted octanol–water partition coefficient (Wildman–Crippen LogP) is 3.21. The fraction of sp³-hybridized carbons (Fsp3) is 1.00. The van der Waals surface area contributed by atoms with E-state index in [1.54, 1.807) is 0 Å². The van der Waals surface area contributed by atoms with Crippen molar-refractivity contribution < 1.29 is 0 Å². The van der Waals surface area contributed by atoms with E-state index in [1.807, 2.05) is 0 Å². The first-order valence-corrected chi connectivity index (χ1v) is 6.96. The Balaban J connectivity index is 1.80. The van der Waals surface area contributed by atoms with Gasteiger partial charge in [0, 0.05) is 24.4 Å². The summed E-state index contributed by atoms with van der Waals surface area (Å²) in [6.45, 7) is 9.60. The lowest BCUT2D eigenvalue weighted by Gasteiger charge is -2.55. The van der Waals surface area contributed by atoms with Gasteiger partial charge in [-0.05, 0) is 50.9 Å². The molecule has 15 heavy (non-hydrogen) atoms. The molecule has 88 valence electrons. The van der Waals surface area contributed by atoms with Crippen LogP contribution in [-0.4, -0.2) is 29.3 Å². The molecule has 1 aliphatic carbocycles. The largest absolute Gasteiger partial charge is 0.300 e. The zero-order valence-electron chi connectivity index (χ0n) is 10.4. The van der Waals surface area contributed by atoms with Crippen LogP contribution in [0.15, 0.2) is 0 Å². The molecule has 2 fully saturated rings. The fourth-order valence-electron chi connectivity index (χ4n) is 3.23. The first kappa shape index (κ1) is 11.8. The Kier molecular flexibility index (Phi) is 3.37. The highest BCUT2D eigenvalue weighted by molar-refractivity contribution is 7.80. The second-order valence-corrected chi connectivity index (χ2v) is 6.89. The van der Waals surface area contributed by atoms with E-state index in [1.165, 1.54) is 38.8 Å². The van der Waals surface area contributed by atoms with E-state index in [4.69, 9.17) is 0 Å². The first-order valence-electron chi connectivity index (χ1n) is 6.44. The van der Waals surface area contributed by atoms with Crippen molar-refractivity contribution in [2.75, 3.05) is 13.1 Å². The highest BCUT2D eigenvalue weighted by Gasteiger charge is 2.45. The summed E-state index contributed by atoms with van der Waals surface area (Å²) in [6, 6.07) is 0.747. The zero-order valence-corrected chi connectivity index (χ0v) is 11.3. The molecule has 0 N–H and O–H groups in total. The molecule has 1 heterocycles. The normalized spacial score (nSPS) is 29.4. The molecule has 1 saturated carbocycles. The fourth-order valence-corrected chi connectivity index (χ4v) is 3.53. The topological polar surface area (TPSA) is 3.24 Å². The summed E-state index contributed by atoms with van der Waals surface area (Å²) in [5, 5.41) is 0.601. The van der Waals surface area contributed by atoms with Crippen molar-refractivity contribution in [3.05, 3.63) is 0 Å². The standard InChI is InChI=1S/C13H25NS/c1-10(2)14-8-13(9-14)6-4-12(5-7-13)11(3)15/h10-12,15H,4-9H2,1-3H3. The lowest BCUT2D eigenvalue weighted by atomic mass is 9.65. The average Bonchev–Trinajstić information content (AvgIpc) is 2.13. The van der Waals surface area contributed by atoms with Gasteiger partial charge in [0.25, 0.3) is 0 Å². The molecule has 1 aliphatic heterocycles. The Hall–Kier alpha value is 0.310. The molecule has 1 nitrogen and oxygen atoms in total. The van der Waals surface area contributed by atoms with Gasteiger partial charge in [0.05, 0.1) is 0 Å². The lowest BCUT2D eigenvalue weighted by molar-refractivity contribution is -0.0549. The smallest absolute Gasteiger partial charge is 0.00532 e. The van der Waals surface area contributed by atoms with E-state index in [0.29, 0.717) is 10.7 Å². The van der Waals surface area contributed by atoms with Gasteiger partial charge in [-0.1, -0.05) is 6.92 Å². The van der Waals surface area contributed by atoms with Crippen LogP contribution in [0.1, 0.15) is 46.5 Å². The van der Waals surface area contributed by atoms with Crippen LogP contribution in [0.25, 0.3) is 0 Å². The highest BCUT2D eigenvalue weighted by atomic mass is 32.1. The van der Waals surface area contributed by atoms with Gasteiger partial charge in [-0.15, -0.1) is 0 Å². The summed E-state index contributed by atoms with van der Waals surface area (Å²) in [6.07, 6.45) is 5.73. The third-order valence-electron chi connectivity index (χ3n) is 4.58. The molecule has 0 bridgehead atoms. The molecule has 0 amide bonds. The van der Waals surface area contributed by atoms with Crippen LogP contribution in [0.2, 0.25) is 0 Å². The van der Waals surface area contributed by atoms with Gasteiger partial charge in [0.2, 0.25) is 0 Å². The monoisotopic (exact) mass is 227 g/mol. The number of hydrogen-bond acceptors (Lipinski definition) is 2. The minimum atomic E-state index is 0.601. The Morgan fingerprint density at radius 2 is 1.67 bits per heavy atom. The van der Waals surface area contributed by atoms with Gasteiger partial charge in [0.1, 0.15) is 0 Å². The third kappa shape index (κ3) is 2.36. The van der Waals surface area contributed by atoms with Gasteiger partial charge < -0.3 is 0 Å². The number of hydrogen-bond donors (Lipinski definition) is 1. The Labute approximate surface area is 100 Å². The summed E-state index contributed by atoms with van der Waals surface area (Å²) >= 11 is 4.59. The summed E-state index contributed by atoms with van der Waals surface area (Å²) in [5.74, 6) is 0.882. The average molecular weight is 227 g/mol. The Morgan fingerprint density at radius 1 is 1.13 bits per heavy atom. The summed E-state index contributed by atoms with van der Waals surface area (Å²) in [7, 11) is 0. The minimum Gasteiger partial charge on any atom is -0.300 e. The lowest BCUT2D eigenvalue weighted by Crippen LogP contribution is -2.59. The quantitative estimate of drug-likeness (QED) is 0.709. The summed E-state index contributed by atoms with van der Waals surface area (Å²) in [4.78, 5) is 2.62. The zero-order chi connectivity index (χ0) is 11.1. The first-order chi connectivity index (χ1) is 7.02. The van der Waals surface area contributed by atoms with Gasteiger partial charge in [-0.2, -0.15) is 12.6 Å². The molecular formula is C13H25NS. The van der Waals surface area contributed by atoms with Gasteiger partial charge in [0.15, 0.2) is 0 Å². The van der Waals surface area contributed by atoms with Crippen molar-refractivity contribution in [3.8, 4) is 0 Å². The van der Waals surface area contributed by atoms with Crippen LogP contribution in [-0.2, 0) is 0 Å². The van der Waals surface area contributed by atoms with E-state index < -0.39 is 0 Å². The second-order valence-electron chi connectivity index (χ2n) is 6.08. The van der Waals surface area contributed by atoms with Crippen molar-refractivity contribution in [1.29, 1.82) is 0 Å². The van der Waals surface area contributed by atoms with E-state index in [0.717, 1.165) is 12.0 Å². The molecule has 0 radical (unpaired) electrons. The number of thiol groups is 1. The van der Waals surface area contributed by atoms with E-state index in [9.17, 15) is 0 Å². The van der Waals surface area contributed by atoms with Gasteiger partial charge >= 0.3 is 0 Å². The van der Waals surface area contributed by atoms with E-state index in [-0.39, 0.29) is 0 Å². The highest BCUT2D eigenvalue weighted by Crippen LogP contribution is 2.47. The third-order valence-corrected chi connectivity index (χ3v) is 5.00. The van der Waals surface area contributed by atoms with Gasteiger partial charge in [-0.25, -0.2) is 0 Å².